The molecule has 0 bridgehead atoms. The van der Waals surface area contributed by atoms with Crippen molar-refractivity contribution < 1.29 is 18.7 Å². The van der Waals surface area contributed by atoms with Gasteiger partial charge in [0.25, 0.3) is 8.32 Å². The van der Waals surface area contributed by atoms with E-state index in [1.54, 1.807) is 0 Å². The summed E-state index contributed by atoms with van der Waals surface area (Å²) >= 11 is 0. The Balaban J connectivity index is 3.11. The molecule has 0 fully saturated rings. The van der Waals surface area contributed by atoms with Gasteiger partial charge in [0.2, 0.25) is 0 Å². The van der Waals surface area contributed by atoms with Gasteiger partial charge in [-0.25, -0.2) is 9.18 Å². The Bertz CT molecular complexity index is 464. The number of benzene rings is 1. The summed E-state index contributed by atoms with van der Waals surface area (Å²) in [5.74, 6) is -1.58. The van der Waals surface area contributed by atoms with Gasteiger partial charge in [-0.05, 0) is 36.3 Å². The van der Waals surface area contributed by atoms with Crippen molar-refractivity contribution in [3.05, 3.63) is 29.6 Å². The van der Waals surface area contributed by atoms with Crippen LogP contribution in [0.3, 0.4) is 0 Å². The number of carboxylic acid groups (broad SMARTS) is 1. The predicted octanol–water partition coefficient (Wildman–Crippen LogP) is 3.91. The molecular weight excluding hydrogens is 251 g/mol. The van der Waals surface area contributed by atoms with E-state index in [1.165, 1.54) is 12.1 Å². The molecule has 0 saturated carbocycles. The third kappa shape index (κ3) is 3.10. The predicted molar refractivity (Wildman–Crippen MR) is 71.2 cm³/mol. The van der Waals surface area contributed by atoms with Gasteiger partial charge in [-0.3, -0.25) is 0 Å². The first-order valence-electron chi connectivity index (χ1n) is 5.76. The molecule has 1 aromatic rings. The maximum absolute atomic E-state index is 13.7. The summed E-state index contributed by atoms with van der Waals surface area (Å²) in [5.41, 5.74) is 0.0325. The summed E-state index contributed by atoms with van der Waals surface area (Å²) < 4.78 is 19.4. The molecule has 0 spiro atoms. The minimum atomic E-state index is -2.17. The Morgan fingerprint density at radius 2 is 1.89 bits per heavy atom. The van der Waals surface area contributed by atoms with Crippen molar-refractivity contribution in [1.82, 2.24) is 0 Å². The van der Waals surface area contributed by atoms with E-state index in [0.29, 0.717) is 0 Å². The molecule has 0 aliphatic rings. The first-order valence-corrected chi connectivity index (χ1v) is 8.67. The Morgan fingerprint density at radius 3 is 2.33 bits per heavy atom. The van der Waals surface area contributed by atoms with E-state index >= 15 is 0 Å². The molecule has 0 saturated heterocycles. The van der Waals surface area contributed by atoms with E-state index in [-0.39, 0.29) is 16.4 Å². The topological polar surface area (TPSA) is 46.5 Å². The van der Waals surface area contributed by atoms with Crippen molar-refractivity contribution in [2.75, 3.05) is 0 Å². The van der Waals surface area contributed by atoms with Gasteiger partial charge in [0, 0.05) is 0 Å². The first-order chi connectivity index (χ1) is 8.04. The number of carbonyl (C=O) groups is 1. The van der Waals surface area contributed by atoms with Gasteiger partial charge in [-0.2, -0.15) is 0 Å². The highest BCUT2D eigenvalue weighted by molar-refractivity contribution is 6.74. The summed E-state index contributed by atoms with van der Waals surface area (Å²) in [5, 5.41) is 8.82. The third-order valence-corrected chi connectivity index (χ3v) is 7.69. The molecule has 0 atom stereocenters. The summed E-state index contributed by atoms with van der Waals surface area (Å²) in [7, 11) is -2.17. The number of carboxylic acids is 1. The molecule has 100 valence electrons. The van der Waals surface area contributed by atoms with Gasteiger partial charge in [0.1, 0.15) is 5.75 Å². The zero-order valence-corrected chi connectivity index (χ0v) is 12.4. The quantitative estimate of drug-likeness (QED) is 0.847. The van der Waals surface area contributed by atoms with E-state index in [2.05, 4.69) is 0 Å². The molecule has 1 rings (SSSR count). The molecule has 0 aromatic heterocycles. The van der Waals surface area contributed by atoms with Crippen LogP contribution in [0.25, 0.3) is 0 Å². The number of rotatable bonds is 3. The summed E-state index contributed by atoms with van der Waals surface area (Å²) in [4.78, 5) is 10.9. The van der Waals surface area contributed by atoms with Gasteiger partial charge < -0.3 is 9.53 Å². The van der Waals surface area contributed by atoms with E-state index < -0.39 is 20.1 Å². The number of aromatic carboxylic acids is 1. The van der Waals surface area contributed by atoms with Crippen molar-refractivity contribution in [2.24, 2.45) is 0 Å². The van der Waals surface area contributed by atoms with Crippen molar-refractivity contribution >= 4 is 14.3 Å². The van der Waals surface area contributed by atoms with Crippen LogP contribution in [0, 0.1) is 5.82 Å². The number of halogens is 1. The molecule has 0 heterocycles. The van der Waals surface area contributed by atoms with Crippen LogP contribution >= 0.6 is 0 Å². The normalized spacial score (nSPS) is 12.3. The summed E-state index contributed by atoms with van der Waals surface area (Å²) in [6.45, 7) is 10.1. The average molecular weight is 270 g/mol. The van der Waals surface area contributed by atoms with Crippen LogP contribution in [0.1, 0.15) is 31.1 Å². The zero-order chi connectivity index (χ0) is 14.1. The van der Waals surface area contributed by atoms with Crippen molar-refractivity contribution in [3.8, 4) is 5.75 Å². The lowest BCUT2D eigenvalue weighted by atomic mass is 10.2. The molecule has 5 heteroatoms. The highest BCUT2D eigenvalue weighted by Crippen LogP contribution is 2.38. The molecule has 3 nitrogen and oxygen atoms in total. The monoisotopic (exact) mass is 270 g/mol. The Hall–Kier alpha value is -1.36. The molecule has 0 amide bonds. The van der Waals surface area contributed by atoms with Crippen molar-refractivity contribution in [1.29, 1.82) is 0 Å². The molecule has 0 unspecified atom stereocenters. The van der Waals surface area contributed by atoms with Crippen LogP contribution in [0.4, 0.5) is 4.39 Å². The minimum absolute atomic E-state index is 0.0292. The van der Waals surface area contributed by atoms with Crippen molar-refractivity contribution in [3.63, 3.8) is 0 Å². The fourth-order valence-corrected chi connectivity index (χ4v) is 2.15. The Morgan fingerprint density at radius 1 is 1.33 bits per heavy atom. The van der Waals surface area contributed by atoms with Gasteiger partial charge in [-0.1, -0.05) is 20.8 Å². The van der Waals surface area contributed by atoms with Crippen molar-refractivity contribution in [2.45, 2.75) is 38.9 Å². The lowest BCUT2D eigenvalue weighted by molar-refractivity contribution is 0.0696. The largest absolute Gasteiger partial charge is 0.542 e. The van der Waals surface area contributed by atoms with Gasteiger partial charge >= 0.3 is 5.97 Å². The Kier molecular flexibility index (Phi) is 3.86. The molecule has 0 aliphatic heterocycles. The molecular formula is C13H19FO3Si. The highest BCUT2D eigenvalue weighted by Gasteiger charge is 2.39. The highest BCUT2D eigenvalue weighted by atomic mass is 28.4. The first kappa shape index (κ1) is 14.7. The summed E-state index contributed by atoms with van der Waals surface area (Å²) in [6, 6.07) is 3.61. The minimum Gasteiger partial charge on any atom is -0.542 e. The standard InChI is InChI=1S/C13H19FO3Si/c1-13(2,3)18(4,5)17-11-8-9(12(15)16)6-7-10(11)14/h6-8H,1-5H3,(H,15,16). The van der Waals surface area contributed by atoms with Gasteiger partial charge in [-0.15, -0.1) is 0 Å². The smallest absolute Gasteiger partial charge is 0.335 e. The van der Waals surface area contributed by atoms with Crippen LogP contribution in [-0.2, 0) is 0 Å². The van der Waals surface area contributed by atoms with Crippen LogP contribution in [0.5, 0.6) is 5.75 Å². The van der Waals surface area contributed by atoms with Crippen LogP contribution in [0.15, 0.2) is 18.2 Å². The zero-order valence-electron chi connectivity index (χ0n) is 11.4. The number of hydrogen-bond acceptors (Lipinski definition) is 2. The third-order valence-electron chi connectivity index (χ3n) is 3.35. The number of hydrogen-bond donors (Lipinski definition) is 1. The van der Waals surface area contributed by atoms with Crippen LogP contribution in [-0.4, -0.2) is 19.4 Å². The van der Waals surface area contributed by atoms with Gasteiger partial charge in [0.15, 0.2) is 5.82 Å². The average Bonchev–Trinajstić information content (AvgIpc) is 2.18. The fourth-order valence-electron chi connectivity index (χ4n) is 1.14. The molecule has 18 heavy (non-hydrogen) atoms. The molecule has 1 N–H and O–H groups in total. The second-order valence-electron chi connectivity index (χ2n) is 5.81. The van der Waals surface area contributed by atoms with E-state index in [0.717, 1.165) is 6.07 Å². The van der Waals surface area contributed by atoms with E-state index in [4.69, 9.17) is 9.53 Å². The maximum Gasteiger partial charge on any atom is 0.335 e. The second-order valence-corrected chi connectivity index (χ2v) is 10.5. The molecule has 0 radical (unpaired) electrons. The SMILES string of the molecule is CC(C)(C)[Si](C)(C)Oc1cc(C(=O)O)ccc1F. The molecule has 1 aromatic carbocycles. The van der Waals surface area contributed by atoms with E-state index in [9.17, 15) is 9.18 Å². The Labute approximate surface area is 108 Å². The fraction of sp³-hybridized carbons (Fsp3) is 0.462. The lowest BCUT2D eigenvalue weighted by Gasteiger charge is -2.36. The maximum atomic E-state index is 13.7. The van der Waals surface area contributed by atoms with Gasteiger partial charge in [0.05, 0.1) is 5.56 Å². The summed E-state index contributed by atoms with van der Waals surface area (Å²) in [6.07, 6.45) is 0. The molecule has 0 aliphatic carbocycles. The van der Waals surface area contributed by atoms with Crippen LogP contribution in [0.2, 0.25) is 18.1 Å². The van der Waals surface area contributed by atoms with Crippen LogP contribution < -0.4 is 4.43 Å². The second kappa shape index (κ2) is 4.72. The lowest BCUT2D eigenvalue weighted by Crippen LogP contribution is -2.44. The van der Waals surface area contributed by atoms with E-state index in [1.807, 2.05) is 33.9 Å².